The summed E-state index contributed by atoms with van der Waals surface area (Å²) in [5.74, 6) is -1.03. The highest BCUT2D eigenvalue weighted by molar-refractivity contribution is 6.21. The molecule has 7 nitrogen and oxygen atoms in total. The summed E-state index contributed by atoms with van der Waals surface area (Å²) in [6.07, 6.45) is 2.32. The van der Waals surface area contributed by atoms with E-state index in [4.69, 9.17) is 0 Å². The van der Waals surface area contributed by atoms with Crippen LogP contribution in [0.5, 0.6) is 0 Å². The number of unbranched alkanes of at least 4 members (excludes halogenated alkanes) is 1. The Hall–Kier alpha value is -3.48. The van der Waals surface area contributed by atoms with Crippen LogP contribution in [0.15, 0.2) is 54.6 Å². The molecule has 1 aliphatic rings. The maximum Gasteiger partial charge on any atom is 0.261 e. The Balaban J connectivity index is 1.63. The van der Waals surface area contributed by atoms with Crippen LogP contribution in [-0.2, 0) is 16.1 Å². The topological polar surface area (TPSA) is 86.8 Å². The van der Waals surface area contributed by atoms with Crippen molar-refractivity contribution in [2.45, 2.75) is 52.1 Å². The molecule has 3 rings (SSSR count). The van der Waals surface area contributed by atoms with Crippen LogP contribution < -0.4 is 5.32 Å². The van der Waals surface area contributed by atoms with Gasteiger partial charge in [-0.25, -0.2) is 0 Å². The van der Waals surface area contributed by atoms with Crippen LogP contribution in [0, 0.1) is 0 Å². The first-order chi connectivity index (χ1) is 15.9. The molecule has 0 saturated heterocycles. The van der Waals surface area contributed by atoms with Gasteiger partial charge in [0, 0.05) is 26.1 Å². The summed E-state index contributed by atoms with van der Waals surface area (Å²) < 4.78 is 0. The van der Waals surface area contributed by atoms with Crippen LogP contribution in [0.4, 0.5) is 0 Å². The quantitative estimate of drug-likeness (QED) is 0.421. The van der Waals surface area contributed by atoms with Gasteiger partial charge in [0.25, 0.3) is 11.8 Å². The van der Waals surface area contributed by atoms with Crippen LogP contribution in [0.3, 0.4) is 0 Å². The second-order valence-corrected chi connectivity index (χ2v) is 8.24. The van der Waals surface area contributed by atoms with Crippen LogP contribution in [-0.4, -0.2) is 52.6 Å². The van der Waals surface area contributed by atoms with E-state index in [9.17, 15) is 19.2 Å². The number of benzene rings is 2. The standard InChI is InChI=1S/C26H31N3O4/c1-3-4-16-27-24(31)19(2)29(18-20-11-6-5-7-12-20)23(30)15-10-17-28-25(32)21-13-8-9-14-22(21)26(28)33/h5-9,11-14,19H,3-4,10,15-18H2,1-2H3,(H,27,31). The SMILES string of the molecule is CCCCNC(=O)C(C)N(Cc1ccccc1)C(=O)CCCN1C(=O)c2ccccc2C1=O. The van der Waals surface area contributed by atoms with Gasteiger partial charge in [-0.05, 0) is 37.5 Å². The number of hydrogen-bond acceptors (Lipinski definition) is 4. The number of fused-ring (bicyclic) bond motifs is 1. The van der Waals surface area contributed by atoms with E-state index < -0.39 is 6.04 Å². The van der Waals surface area contributed by atoms with E-state index in [1.165, 1.54) is 4.90 Å². The van der Waals surface area contributed by atoms with Crippen LogP contribution in [0.1, 0.15) is 65.8 Å². The number of carbonyl (C=O) groups is 4. The average Bonchev–Trinajstić information content (AvgIpc) is 3.07. The highest BCUT2D eigenvalue weighted by Crippen LogP contribution is 2.23. The van der Waals surface area contributed by atoms with Gasteiger partial charge in [-0.2, -0.15) is 0 Å². The summed E-state index contributed by atoms with van der Waals surface area (Å²) in [4.78, 5) is 53.6. The number of nitrogens with one attached hydrogen (secondary N) is 1. The zero-order valence-corrected chi connectivity index (χ0v) is 19.3. The molecular weight excluding hydrogens is 418 g/mol. The van der Waals surface area contributed by atoms with E-state index in [0.717, 1.165) is 18.4 Å². The van der Waals surface area contributed by atoms with Crippen molar-refractivity contribution in [3.8, 4) is 0 Å². The molecule has 1 atom stereocenters. The van der Waals surface area contributed by atoms with E-state index in [-0.39, 0.29) is 36.6 Å². The maximum absolute atomic E-state index is 13.1. The minimum atomic E-state index is -0.631. The molecule has 0 bridgehead atoms. The molecule has 0 fully saturated rings. The zero-order chi connectivity index (χ0) is 23.8. The molecule has 1 N–H and O–H groups in total. The Bertz CT molecular complexity index is 971. The van der Waals surface area contributed by atoms with E-state index in [1.54, 1.807) is 36.1 Å². The first kappa shape index (κ1) is 24.2. The fraction of sp³-hybridized carbons (Fsp3) is 0.385. The van der Waals surface area contributed by atoms with E-state index in [1.807, 2.05) is 30.3 Å². The van der Waals surface area contributed by atoms with Crippen molar-refractivity contribution < 1.29 is 19.2 Å². The summed E-state index contributed by atoms with van der Waals surface area (Å²) >= 11 is 0. The Morgan fingerprint density at radius 1 is 0.939 bits per heavy atom. The molecule has 2 aromatic rings. The minimum Gasteiger partial charge on any atom is -0.354 e. The van der Waals surface area contributed by atoms with E-state index in [2.05, 4.69) is 12.2 Å². The van der Waals surface area contributed by atoms with Gasteiger partial charge in [0.1, 0.15) is 6.04 Å². The Morgan fingerprint density at radius 2 is 1.55 bits per heavy atom. The normalized spacial score (nSPS) is 13.6. The molecule has 33 heavy (non-hydrogen) atoms. The number of carbonyl (C=O) groups excluding carboxylic acids is 4. The Labute approximate surface area is 194 Å². The molecule has 7 heteroatoms. The third-order valence-electron chi connectivity index (χ3n) is 5.84. The molecule has 1 heterocycles. The number of imide groups is 1. The second-order valence-electron chi connectivity index (χ2n) is 8.24. The van der Waals surface area contributed by atoms with Crippen LogP contribution in [0.25, 0.3) is 0 Å². The molecular formula is C26H31N3O4. The van der Waals surface area contributed by atoms with Gasteiger partial charge in [0.2, 0.25) is 11.8 Å². The van der Waals surface area contributed by atoms with Crippen molar-refractivity contribution in [3.63, 3.8) is 0 Å². The number of amides is 4. The predicted molar refractivity (Wildman–Crippen MR) is 125 cm³/mol. The molecule has 0 aromatic heterocycles. The second kappa shape index (κ2) is 11.4. The van der Waals surface area contributed by atoms with Gasteiger partial charge in [-0.15, -0.1) is 0 Å². The summed E-state index contributed by atoms with van der Waals surface area (Å²) in [6, 6.07) is 15.6. The summed E-state index contributed by atoms with van der Waals surface area (Å²) in [5.41, 5.74) is 1.73. The molecule has 4 amide bonds. The van der Waals surface area contributed by atoms with E-state index in [0.29, 0.717) is 30.6 Å². The summed E-state index contributed by atoms with van der Waals surface area (Å²) in [7, 11) is 0. The Kier molecular flexibility index (Phi) is 8.35. The summed E-state index contributed by atoms with van der Waals surface area (Å²) in [5, 5.41) is 2.90. The fourth-order valence-corrected chi connectivity index (χ4v) is 3.87. The smallest absolute Gasteiger partial charge is 0.261 e. The van der Waals surface area contributed by atoms with Crippen molar-refractivity contribution in [1.29, 1.82) is 0 Å². The molecule has 0 spiro atoms. The van der Waals surface area contributed by atoms with E-state index >= 15 is 0 Å². The molecule has 0 saturated carbocycles. The fourth-order valence-electron chi connectivity index (χ4n) is 3.87. The number of hydrogen-bond donors (Lipinski definition) is 1. The lowest BCUT2D eigenvalue weighted by Crippen LogP contribution is -2.47. The first-order valence-electron chi connectivity index (χ1n) is 11.5. The van der Waals surface area contributed by atoms with Gasteiger partial charge in [-0.1, -0.05) is 55.8 Å². The Morgan fingerprint density at radius 3 is 2.15 bits per heavy atom. The van der Waals surface area contributed by atoms with Crippen molar-refractivity contribution in [2.75, 3.05) is 13.1 Å². The number of nitrogens with zero attached hydrogens (tertiary/aromatic N) is 2. The molecule has 1 unspecified atom stereocenters. The van der Waals surface area contributed by atoms with Crippen molar-refractivity contribution in [2.24, 2.45) is 0 Å². The van der Waals surface area contributed by atoms with Gasteiger partial charge < -0.3 is 10.2 Å². The molecule has 0 aliphatic carbocycles. The molecule has 0 radical (unpaired) electrons. The number of rotatable bonds is 11. The van der Waals surface area contributed by atoms with Crippen LogP contribution >= 0.6 is 0 Å². The maximum atomic E-state index is 13.1. The monoisotopic (exact) mass is 449 g/mol. The van der Waals surface area contributed by atoms with Gasteiger partial charge >= 0.3 is 0 Å². The highest BCUT2D eigenvalue weighted by Gasteiger charge is 2.35. The molecule has 2 aromatic carbocycles. The highest BCUT2D eigenvalue weighted by atomic mass is 16.2. The molecule has 174 valence electrons. The van der Waals surface area contributed by atoms with Gasteiger partial charge in [0.15, 0.2) is 0 Å². The summed E-state index contributed by atoms with van der Waals surface area (Å²) in [6.45, 7) is 4.83. The third kappa shape index (κ3) is 5.86. The van der Waals surface area contributed by atoms with Crippen molar-refractivity contribution in [1.82, 2.24) is 15.1 Å². The largest absolute Gasteiger partial charge is 0.354 e. The first-order valence-corrected chi connectivity index (χ1v) is 11.5. The third-order valence-corrected chi connectivity index (χ3v) is 5.84. The minimum absolute atomic E-state index is 0.132. The lowest BCUT2D eigenvalue weighted by Gasteiger charge is -2.29. The zero-order valence-electron chi connectivity index (χ0n) is 19.3. The average molecular weight is 450 g/mol. The predicted octanol–water partition coefficient (Wildman–Crippen LogP) is 3.40. The van der Waals surface area contributed by atoms with Crippen molar-refractivity contribution in [3.05, 3.63) is 71.3 Å². The van der Waals surface area contributed by atoms with Crippen LogP contribution in [0.2, 0.25) is 0 Å². The molecule has 1 aliphatic heterocycles. The lowest BCUT2D eigenvalue weighted by atomic mass is 10.1. The lowest BCUT2D eigenvalue weighted by molar-refractivity contribution is -0.140. The van der Waals surface area contributed by atoms with Crippen molar-refractivity contribution >= 4 is 23.6 Å². The van der Waals surface area contributed by atoms with Gasteiger partial charge in [0.05, 0.1) is 11.1 Å². The van der Waals surface area contributed by atoms with Gasteiger partial charge in [-0.3, -0.25) is 24.1 Å².